The smallest absolute Gasteiger partial charge is 0.00873 e. The van der Waals surface area contributed by atoms with Crippen LogP contribution in [0, 0.1) is 0 Å². The van der Waals surface area contributed by atoms with E-state index in [0.29, 0.717) is 11.8 Å². The van der Waals surface area contributed by atoms with E-state index in [4.69, 9.17) is 0 Å². The van der Waals surface area contributed by atoms with E-state index in [-0.39, 0.29) is 0 Å². The van der Waals surface area contributed by atoms with Gasteiger partial charge >= 0.3 is 0 Å². The van der Waals surface area contributed by atoms with Gasteiger partial charge in [0.15, 0.2) is 0 Å². The largest absolute Gasteiger partial charge is 0.0648 e. The summed E-state index contributed by atoms with van der Waals surface area (Å²) in [4.78, 5) is 0. The quantitative estimate of drug-likeness (QED) is 0.710. The van der Waals surface area contributed by atoms with E-state index in [9.17, 15) is 0 Å². The summed E-state index contributed by atoms with van der Waals surface area (Å²) in [6, 6.07) is 20.0. The number of rotatable bonds is 3. The Morgan fingerprint density at radius 2 is 1.72 bits per heavy atom. The molecular weight excluding hydrogens is 216 g/mol. The summed E-state index contributed by atoms with van der Waals surface area (Å²) in [5.41, 5.74) is 4.66. The Kier molecular flexibility index (Phi) is 3.19. The number of hydrogen-bond acceptors (Lipinski definition) is 0. The fraction of sp³-hybridized carbons (Fsp3) is 0.333. The molecule has 92 valence electrons. The molecule has 0 heteroatoms. The van der Waals surface area contributed by atoms with E-state index >= 15 is 0 Å². The molecule has 0 aromatic heterocycles. The molecule has 0 amide bonds. The van der Waals surface area contributed by atoms with Crippen molar-refractivity contribution in [3.63, 3.8) is 0 Å². The predicted octanol–water partition coefficient (Wildman–Crippen LogP) is 4.91. The molecule has 0 spiro atoms. The molecule has 3 rings (SSSR count). The highest BCUT2D eigenvalue weighted by molar-refractivity contribution is 5.38. The van der Waals surface area contributed by atoms with Gasteiger partial charge in [0.05, 0.1) is 0 Å². The van der Waals surface area contributed by atoms with E-state index < -0.39 is 0 Å². The van der Waals surface area contributed by atoms with Crippen molar-refractivity contribution < 1.29 is 0 Å². The molecule has 0 saturated carbocycles. The van der Waals surface area contributed by atoms with Gasteiger partial charge in [0.2, 0.25) is 0 Å². The van der Waals surface area contributed by atoms with Crippen LogP contribution < -0.4 is 0 Å². The maximum atomic E-state index is 2.33. The Balaban J connectivity index is 1.95. The van der Waals surface area contributed by atoms with E-state index in [1.165, 1.54) is 24.8 Å². The normalized spacial score (nSPS) is 19.5. The van der Waals surface area contributed by atoms with Crippen LogP contribution in [0.4, 0.5) is 0 Å². The maximum absolute atomic E-state index is 2.33. The molecule has 18 heavy (non-hydrogen) atoms. The van der Waals surface area contributed by atoms with Gasteiger partial charge in [-0.05, 0) is 47.8 Å². The summed E-state index contributed by atoms with van der Waals surface area (Å²) in [7, 11) is 0. The van der Waals surface area contributed by atoms with Crippen LogP contribution in [-0.4, -0.2) is 0 Å². The second-order valence-electron chi connectivity index (χ2n) is 5.27. The average molecular weight is 236 g/mol. The molecule has 1 aliphatic carbocycles. The number of benzene rings is 2. The Bertz CT molecular complexity index is 513. The average Bonchev–Trinajstić information content (AvgIpc) is 2.85. The van der Waals surface area contributed by atoms with Gasteiger partial charge < -0.3 is 0 Å². The molecular formula is C18H20. The van der Waals surface area contributed by atoms with Crippen molar-refractivity contribution >= 4 is 0 Å². The topological polar surface area (TPSA) is 0 Å². The minimum Gasteiger partial charge on any atom is -0.0648 e. The first-order chi connectivity index (χ1) is 8.90. The number of aryl methyl sites for hydroxylation is 1. The Hall–Kier alpha value is -1.56. The van der Waals surface area contributed by atoms with E-state index in [0.717, 1.165) is 0 Å². The summed E-state index contributed by atoms with van der Waals surface area (Å²) in [5.74, 6) is 1.39. The molecule has 2 atom stereocenters. The highest BCUT2D eigenvalue weighted by Crippen LogP contribution is 2.44. The van der Waals surface area contributed by atoms with Crippen LogP contribution in [0.25, 0.3) is 0 Å². The fourth-order valence-corrected chi connectivity index (χ4v) is 3.46. The standard InChI is InChI=1S/C18H20/c1-2-16(14-8-4-3-5-9-14)18-13-12-15-10-6-7-11-17(15)18/h3-11,16,18H,2,12-13H2,1H3. The van der Waals surface area contributed by atoms with Crippen molar-refractivity contribution in [2.45, 2.75) is 38.0 Å². The van der Waals surface area contributed by atoms with Gasteiger partial charge in [0.1, 0.15) is 0 Å². The zero-order chi connectivity index (χ0) is 12.4. The fourth-order valence-electron chi connectivity index (χ4n) is 3.46. The lowest BCUT2D eigenvalue weighted by Gasteiger charge is -2.23. The molecule has 0 aliphatic heterocycles. The van der Waals surface area contributed by atoms with Crippen LogP contribution in [0.15, 0.2) is 54.6 Å². The van der Waals surface area contributed by atoms with Crippen LogP contribution >= 0.6 is 0 Å². The van der Waals surface area contributed by atoms with Gasteiger partial charge in [-0.2, -0.15) is 0 Å². The van der Waals surface area contributed by atoms with Crippen LogP contribution in [-0.2, 0) is 6.42 Å². The van der Waals surface area contributed by atoms with Crippen LogP contribution in [0.2, 0.25) is 0 Å². The molecule has 2 aromatic carbocycles. The molecule has 0 fully saturated rings. The number of hydrogen-bond donors (Lipinski definition) is 0. The van der Waals surface area contributed by atoms with E-state index in [2.05, 4.69) is 61.5 Å². The first-order valence-electron chi connectivity index (χ1n) is 7.03. The minimum atomic E-state index is 0.676. The summed E-state index contributed by atoms with van der Waals surface area (Å²) in [5, 5.41) is 0. The maximum Gasteiger partial charge on any atom is -0.00873 e. The van der Waals surface area contributed by atoms with Crippen molar-refractivity contribution in [2.24, 2.45) is 0 Å². The lowest BCUT2D eigenvalue weighted by Crippen LogP contribution is -2.08. The van der Waals surface area contributed by atoms with Crippen molar-refractivity contribution in [1.82, 2.24) is 0 Å². The lowest BCUT2D eigenvalue weighted by molar-refractivity contribution is 0.520. The molecule has 0 nitrogen and oxygen atoms in total. The molecule has 2 unspecified atom stereocenters. The SMILES string of the molecule is CCC(c1ccccc1)C1CCc2ccccc21. The molecule has 1 aliphatic rings. The van der Waals surface area contributed by atoms with Gasteiger partial charge in [-0.15, -0.1) is 0 Å². The van der Waals surface area contributed by atoms with Gasteiger partial charge in [-0.1, -0.05) is 61.5 Å². The first kappa shape index (κ1) is 11.5. The second-order valence-corrected chi connectivity index (χ2v) is 5.27. The van der Waals surface area contributed by atoms with E-state index in [1.54, 1.807) is 11.1 Å². The van der Waals surface area contributed by atoms with Gasteiger partial charge in [0, 0.05) is 0 Å². The van der Waals surface area contributed by atoms with Crippen molar-refractivity contribution in [1.29, 1.82) is 0 Å². The van der Waals surface area contributed by atoms with Gasteiger partial charge in [-0.3, -0.25) is 0 Å². The zero-order valence-electron chi connectivity index (χ0n) is 11.0. The van der Waals surface area contributed by atoms with Crippen molar-refractivity contribution in [2.75, 3.05) is 0 Å². The van der Waals surface area contributed by atoms with Crippen LogP contribution in [0.3, 0.4) is 0 Å². The Morgan fingerprint density at radius 1 is 1.00 bits per heavy atom. The highest BCUT2D eigenvalue weighted by Gasteiger charge is 2.29. The van der Waals surface area contributed by atoms with Crippen LogP contribution in [0.5, 0.6) is 0 Å². The molecule has 0 bridgehead atoms. The lowest BCUT2D eigenvalue weighted by atomic mass is 9.81. The Labute approximate surface area is 110 Å². The zero-order valence-corrected chi connectivity index (χ0v) is 11.0. The molecule has 0 N–H and O–H groups in total. The minimum absolute atomic E-state index is 0.676. The summed E-state index contributed by atoms with van der Waals surface area (Å²) in [6.07, 6.45) is 3.79. The Morgan fingerprint density at radius 3 is 2.50 bits per heavy atom. The summed E-state index contributed by atoms with van der Waals surface area (Å²) in [6.45, 7) is 2.32. The third kappa shape index (κ3) is 1.96. The van der Waals surface area contributed by atoms with Crippen molar-refractivity contribution in [3.05, 3.63) is 71.3 Å². The van der Waals surface area contributed by atoms with Gasteiger partial charge in [-0.25, -0.2) is 0 Å². The molecule has 0 radical (unpaired) electrons. The van der Waals surface area contributed by atoms with Crippen LogP contribution in [0.1, 0.15) is 48.3 Å². The predicted molar refractivity (Wildman–Crippen MR) is 77.0 cm³/mol. The number of fused-ring (bicyclic) bond motifs is 1. The molecule has 0 heterocycles. The summed E-state index contributed by atoms with van der Waals surface area (Å²) >= 11 is 0. The second kappa shape index (κ2) is 4.97. The third-order valence-electron chi connectivity index (χ3n) is 4.33. The monoisotopic (exact) mass is 236 g/mol. The molecule has 0 saturated heterocycles. The highest BCUT2D eigenvalue weighted by atomic mass is 14.3. The first-order valence-corrected chi connectivity index (χ1v) is 7.03. The third-order valence-corrected chi connectivity index (χ3v) is 4.33. The van der Waals surface area contributed by atoms with Crippen molar-refractivity contribution in [3.8, 4) is 0 Å². The van der Waals surface area contributed by atoms with E-state index in [1.807, 2.05) is 0 Å². The van der Waals surface area contributed by atoms with Gasteiger partial charge in [0.25, 0.3) is 0 Å². The summed E-state index contributed by atoms with van der Waals surface area (Å²) < 4.78 is 0. The molecule has 2 aromatic rings.